The van der Waals surface area contributed by atoms with Gasteiger partial charge in [0.15, 0.2) is 0 Å². The van der Waals surface area contributed by atoms with E-state index < -0.39 is 0 Å². The Morgan fingerprint density at radius 1 is 1.21 bits per heavy atom. The van der Waals surface area contributed by atoms with E-state index >= 15 is 0 Å². The van der Waals surface area contributed by atoms with E-state index in [4.69, 9.17) is 5.11 Å². The van der Waals surface area contributed by atoms with E-state index in [1.807, 2.05) is 11.8 Å². The average molecular weight is 210 g/mol. The highest BCUT2D eigenvalue weighted by Crippen LogP contribution is 2.23. The lowest BCUT2D eigenvalue weighted by atomic mass is 9.98. The van der Waals surface area contributed by atoms with Crippen LogP contribution in [0.3, 0.4) is 0 Å². The van der Waals surface area contributed by atoms with E-state index in [0.717, 1.165) is 12.2 Å². The van der Waals surface area contributed by atoms with Gasteiger partial charge >= 0.3 is 0 Å². The monoisotopic (exact) mass is 210 g/mol. The molecule has 1 atom stereocenters. The van der Waals surface area contributed by atoms with E-state index in [0.29, 0.717) is 5.92 Å². The fourth-order valence-electron chi connectivity index (χ4n) is 1.47. The van der Waals surface area contributed by atoms with E-state index in [2.05, 4.69) is 38.1 Å². The van der Waals surface area contributed by atoms with Crippen molar-refractivity contribution >= 4 is 11.8 Å². The van der Waals surface area contributed by atoms with Gasteiger partial charge in [-0.2, -0.15) is 0 Å². The molecular formula is C12H18OS. The second kappa shape index (κ2) is 6.10. The average Bonchev–Trinajstić information content (AvgIpc) is 2.23. The molecule has 1 nitrogen and oxygen atoms in total. The molecule has 0 heterocycles. The Bertz CT molecular complexity index is 252. The van der Waals surface area contributed by atoms with Gasteiger partial charge in [-0.3, -0.25) is 0 Å². The molecule has 0 aromatic heterocycles. The van der Waals surface area contributed by atoms with Gasteiger partial charge in [0.05, 0.1) is 0 Å². The SMILES string of the molecule is CCSc1ccc(C(CC)CO)cc1. The van der Waals surface area contributed by atoms with E-state index in [1.54, 1.807) is 0 Å². The normalized spacial score (nSPS) is 12.8. The lowest BCUT2D eigenvalue weighted by Crippen LogP contribution is -2.01. The Morgan fingerprint density at radius 3 is 2.29 bits per heavy atom. The van der Waals surface area contributed by atoms with Gasteiger partial charge in [-0.1, -0.05) is 26.0 Å². The van der Waals surface area contributed by atoms with Crippen molar-refractivity contribution in [2.45, 2.75) is 31.1 Å². The molecule has 0 bridgehead atoms. The zero-order valence-electron chi connectivity index (χ0n) is 8.86. The minimum Gasteiger partial charge on any atom is -0.396 e. The number of hydrogen-bond donors (Lipinski definition) is 1. The van der Waals surface area contributed by atoms with Crippen LogP contribution in [0.1, 0.15) is 31.7 Å². The molecule has 0 fully saturated rings. The van der Waals surface area contributed by atoms with Gasteiger partial charge in [-0.15, -0.1) is 11.8 Å². The van der Waals surface area contributed by atoms with Crippen LogP contribution in [0.2, 0.25) is 0 Å². The van der Waals surface area contributed by atoms with Crippen molar-refractivity contribution in [2.75, 3.05) is 12.4 Å². The highest BCUT2D eigenvalue weighted by atomic mass is 32.2. The Morgan fingerprint density at radius 2 is 1.86 bits per heavy atom. The molecule has 0 saturated carbocycles. The van der Waals surface area contributed by atoms with Gasteiger partial charge in [0.25, 0.3) is 0 Å². The van der Waals surface area contributed by atoms with Crippen molar-refractivity contribution < 1.29 is 5.11 Å². The van der Waals surface area contributed by atoms with Crippen LogP contribution in [0.15, 0.2) is 29.2 Å². The standard InChI is InChI=1S/C12H18OS/c1-3-10(9-13)11-5-7-12(8-6-11)14-4-2/h5-8,10,13H,3-4,9H2,1-2H3. The predicted molar refractivity (Wildman–Crippen MR) is 63.0 cm³/mol. The van der Waals surface area contributed by atoms with Gasteiger partial charge in [-0.05, 0) is 29.9 Å². The topological polar surface area (TPSA) is 20.2 Å². The van der Waals surface area contributed by atoms with E-state index in [1.165, 1.54) is 10.5 Å². The Balaban J connectivity index is 2.71. The van der Waals surface area contributed by atoms with Crippen molar-refractivity contribution in [3.63, 3.8) is 0 Å². The van der Waals surface area contributed by atoms with Crippen molar-refractivity contribution in [1.29, 1.82) is 0 Å². The fourth-order valence-corrected chi connectivity index (χ4v) is 2.13. The van der Waals surface area contributed by atoms with E-state index in [-0.39, 0.29) is 6.61 Å². The molecule has 1 aromatic carbocycles. The summed E-state index contributed by atoms with van der Waals surface area (Å²) in [6.45, 7) is 4.51. The number of hydrogen-bond acceptors (Lipinski definition) is 2. The summed E-state index contributed by atoms with van der Waals surface area (Å²) in [5.74, 6) is 1.41. The maximum Gasteiger partial charge on any atom is 0.0499 e. The number of rotatable bonds is 5. The lowest BCUT2D eigenvalue weighted by molar-refractivity contribution is 0.262. The third-order valence-electron chi connectivity index (χ3n) is 2.38. The van der Waals surface area contributed by atoms with Crippen LogP contribution in [0.4, 0.5) is 0 Å². The molecule has 1 rings (SSSR count). The van der Waals surface area contributed by atoms with Crippen LogP contribution in [-0.2, 0) is 0 Å². The number of aliphatic hydroxyl groups is 1. The molecule has 0 amide bonds. The predicted octanol–water partition coefficient (Wildman–Crippen LogP) is 3.28. The molecule has 14 heavy (non-hydrogen) atoms. The molecule has 0 aliphatic carbocycles. The van der Waals surface area contributed by atoms with Crippen molar-refractivity contribution in [1.82, 2.24) is 0 Å². The summed E-state index contributed by atoms with van der Waals surface area (Å²) in [5.41, 5.74) is 1.25. The molecule has 0 aliphatic rings. The highest BCUT2D eigenvalue weighted by Gasteiger charge is 2.06. The van der Waals surface area contributed by atoms with Crippen LogP contribution in [0.5, 0.6) is 0 Å². The number of thioether (sulfide) groups is 1. The highest BCUT2D eigenvalue weighted by molar-refractivity contribution is 7.99. The van der Waals surface area contributed by atoms with Gasteiger partial charge in [-0.25, -0.2) is 0 Å². The molecule has 1 aromatic rings. The quantitative estimate of drug-likeness (QED) is 0.753. The first-order valence-electron chi connectivity index (χ1n) is 5.15. The van der Waals surface area contributed by atoms with Crippen LogP contribution in [-0.4, -0.2) is 17.5 Å². The summed E-state index contributed by atoms with van der Waals surface area (Å²) >= 11 is 1.85. The Kier molecular flexibility index (Phi) is 5.05. The van der Waals surface area contributed by atoms with Crippen LogP contribution in [0, 0.1) is 0 Å². The number of aliphatic hydroxyl groups excluding tert-OH is 1. The molecule has 2 heteroatoms. The molecule has 0 saturated heterocycles. The zero-order chi connectivity index (χ0) is 10.4. The fraction of sp³-hybridized carbons (Fsp3) is 0.500. The zero-order valence-corrected chi connectivity index (χ0v) is 9.68. The molecule has 78 valence electrons. The molecule has 0 radical (unpaired) electrons. The minimum atomic E-state index is 0.247. The first-order valence-corrected chi connectivity index (χ1v) is 6.14. The molecule has 0 spiro atoms. The smallest absolute Gasteiger partial charge is 0.0499 e. The van der Waals surface area contributed by atoms with Crippen molar-refractivity contribution in [2.24, 2.45) is 0 Å². The summed E-state index contributed by atoms with van der Waals surface area (Å²) in [7, 11) is 0. The second-order valence-corrected chi connectivity index (χ2v) is 4.63. The summed E-state index contributed by atoms with van der Waals surface area (Å²) in [4.78, 5) is 1.31. The Labute approximate surface area is 90.5 Å². The van der Waals surface area contributed by atoms with Crippen LogP contribution < -0.4 is 0 Å². The minimum absolute atomic E-state index is 0.247. The third-order valence-corrected chi connectivity index (χ3v) is 3.27. The van der Waals surface area contributed by atoms with Gasteiger partial charge < -0.3 is 5.11 Å². The molecular weight excluding hydrogens is 192 g/mol. The first kappa shape index (κ1) is 11.6. The van der Waals surface area contributed by atoms with Crippen molar-refractivity contribution in [3.8, 4) is 0 Å². The Hall–Kier alpha value is -0.470. The van der Waals surface area contributed by atoms with E-state index in [9.17, 15) is 0 Å². The summed E-state index contributed by atoms with van der Waals surface area (Å²) in [5, 5.41) is 9.15. The molecule has 1 N–H and O–H groups in total. The van der Waals surface area contributed by atoms with Gasteiger partial charge in [0, 0.05) is 17.4 Å². The lowest BCUT2D eigenvalue weighted by Gasteiger charge is -2.12. The van der Waals surface area contributed by atoms with Gasteiger partial charge in [0.2, 0.25) is 0 Å². The summed E-state index contributed by atoms with van der Waals surface area (Å²) in [6, 6.07) is 8.54. The summed E-state index contributed by atoms with van der Waals surface area (Å²) in [6.07, 6.45) is 0.997. The second-order valence-electron chi connectivity index (χ2n) is 3.29. The summed E-state index contributed by atoms with van der Waals surface area (Å²) < 4.78 is 0. The van der Waals surface area contributed by atoms with Gasteiger partial charge in [0.1, 0.15) is 0 Å². The maximum absolute atomic E-state index is 9.15. The largest absolute Gasteiger partial charge is 0.396 e. The van der Waals surface area contributed by atoms with Crippen LogP contribution in [0.25, 0.3) is 0 Å². The van der Waals surface area contributed by atoms with Crippen molar-refractivity contribution in [3.05, 3.63) is 29.8 Å². The van der Waals surface area contributed by atoms with Crippen LogP contribution >= 0.6 is 11.8 Å². The maximum atomic E-state index is 9.15. The first-order chi connectivity index (χ1) is 6.81. The third kappa shape index (κ3) is 3.03. The molecule has 0 aliphatic heterocycles. The molecule has 1 unspecified atom stereocenters. The number of benzene rings is 1.